The highest BCUT2D eigenvalue weighted by molar-refractivity contribution is 5.69. The molecule has 0 amide bonds. The van der Waals surface area contributed by atoms with Gasteiger partial charge in [0.1, 0.15) is 0 Å². The number of likely N-dealkylation sites (tertiary alicyclic amines) is 1. The maximum absolute atomic E-state index is 11.1. The van der Waals surface area contributed by atoms with Crippen LogP contribution in [0.1, 0.15) is 51.4 Å². The van der Waals surface area contributed by atoms with Crippen molar-refractivity contribution in [2.24, 2.45) is 5.92 Å². The highest BCUT2D eigenvalue weighted by atomic mass is 16.5. The third kappa shape index (κ3) is 4.18. The number of nitrogens with zero attached hydrogens (tertiary/aromatic N) is 1. The minimum Gasteiger partial charge on any atom is -0.469 e. The summed E-state index contributed by atoms with van der Waals surface area (Å²) in [5.74, 6) is 0.623. The van der Waals surface area contributed by atoms with Gasteiger partial charge in [-0.15, -0.1) is 0 Å². The van der Waals surface area contributed by atoms with Crippen LogP contribution in [0, 0.1) is 5.92 Å². The lowest BCUT2D eigenvalue weighted by molar-refractivity contribution is -0.140. The van der Waals surface area contributed by atoms with Gasteiger partial charge in [0.25, 0.3) is 0 Å². The van der Waals surface area contributed by atoms with Gasteiger partial charge in [0.15, 0.2) is 0 Å². The summed E-state index contributed by atoms with van der Waals surface area (Å²) in [5.41, 5.74) is 0. The summed E-state index contributed by atoms with van der Waals surface area (Å²) in [5, 5.41) is 9.92. The smallest absolute Gasteiger partial charge is 0.305 e. The van der Waals surface area contributed by atoms with Gasteiger partial charge in [-0.25, -0.2) is 0 Å². The van der Waals surface area contributed by atoms with E-state index >= 15 is 0 Å². The van der Waals surface area contributed by atoms with E-state index in [0.29, 0.717) is 12.5 Å². The number of β-amino-alcohol motifs (C(OH)–C–C–N with tert-alkyl or cyclic N) is 1. The van der Waals surface area contributed by atoms with Crippen LogP contribution >= 0.6 is 0 Å². The van der Waals surface area contributed by atoms with Gasteiger partial charge in [0.2, 0.25) is 0 Å². The molecular weight excluding hydrogens is 242 g/mol. The number of methoxy groups -OCH3 is 1. The Kier molecular flexibility index (Phi) is 5.64. The number of ether oxygens (including phenoxy) is 1. The van der Waals surface area contributed by atoms with Crippen molar-refractivity contribution in [1.82, 2.24) is 4.90 Å². The number of hydrogen-bond donors (Lipinski definition) is 1. The Balaban J connectivity index is 1.81. The Bertz CT molecular complexity index is 289. The van der Waals surface area contributed by atoms with Crippen molar-refractivity contribution in [3.63, 3.8) is 0 Å². The van der Waals surface area contributed by atoms with Crippen molar-refractivity contribution in [2.75, 3.05) is 20.2 Å². The van der Waals surface area contributed by atoms with Gasteiger partial charge < -0.3 is 9.84 Å². The molecule has 1 saturated heterocycles. The summed E-state index contributed by atoms with van der Waals surface area (Å²) < 4.78 is 4.67. The Hall–Kier alpha value is -0.610. The average Bonchev–Trinajstić information content (AvgIpc) is 2.80. The predicted octanol–water partition coefficient (Wildman–Crippen LogP) is 1.96. The lowest BCUT2D eigenvalue weighted by atomic mass is 9.82. The van der Waals surface area contributed by atoms with E-state index in [1.54, 1.807) is 0 Å². The molecule has 2 aliphatic rings. The number of carbonyl (C=O) groups excluding carboxylic acids is 1. The maximum Gasteiger partial charge on any atom is 0.305 e. The molecule has 1 saturated carbocycles. The molecule has 0 aromatic rings. The molecular formula is C15H27NO3. The number of carbonyl (C=O) groups is 1. The van der Waals surface area contributed by atoms with Gasteiger partial charge in [-0.2, -0.15) is 0 Å². The molecule has 1 N–H and O–H groups in total. The Morgan fingerprint density at radius 3 is 2.74 bits per heavy atom. The van der Waals surface area contributed by atoms with E-state index in [2.05, 4.69) is 9.64 Å². The fourth-order valence-electron chi connectivity index (χ4n) is 3.70. The monoisotopic (exact) mass is 269 g/mol. The molecule has 2 atom stereocenters. The number of rotatable bonds is 5. The third-order valence-corrected chi connectivity index (χ3v) is 4.68. The standard InChI is InChI=1S/C15H27NO3/c1-19-15(18)8-5-9-16-11-13(17)10-14(16)12-6-3-2-4-7-12/h12-14,17H,2-11H2,1H3/t13-,14+/m1/s1. The molecule has 1 aliphatic carbocycles. The van der Waals surface area contributed by atoms with E-state index < -0.39 is 0 Å². The summed E-state index contributed by atoms with van der Waals surface area (Å²) in [4.78, 5) is 13.5. The molecule has 0 aromatic heterocycles. The number of aliphatic hydroxyl groups excluding tert-OH is 1. The summed E-state index contributed by atoms with van der Waals surface area (Å²) in [6, 6.07) is 0.535. The van der Waals surface area contributed by atoms with Gasteiger partial charge in [-0.05, 0) is 38.1 Å². The van der Waals surface area contributed by atoms with Crippen molar-refractivity contribution in [3.05, 3.63) is 0 Å². The lowest BCUT2D eigenvalue weighted by Crippen LogP contribution is -2.37. The average molecular weight is 269 g/mol. The second kappa shape index (κ2) is 7.25. The molecule has 0 radical (unpaired) electrons. The van der Waals surface area contributed by atoms with Crippen molar-refractivity contribution in [2.45, 2.75) is 63.5 Å². The molecule has 0 spiro atoms. The summed E-state index contributed by atoms with van der Waals surface area (Å²) in [6.45, 7) is 1.69. The summed E-state index contributed by atoms with van der Waals surface area (Å²) >= 11 is 0. The molecule has 110 valence electrons. The van der Waals surface area contributed by atoms with E-state index in [4.69, 9.17) is 0 Å². The van der Waals surface area contributed by atoms with Crippen LogP contribution in [0.15, 0.2) is 0 Å². The lowest BCUT2D eigenvalue weighted by Gasteiger charge is -2.33. The molecule has 1 heterocycles. The zero-order chi connectivity index (χ0) is 13.7. The van der Waals surface area contributed by atoms with Crippen LogP contribution in [0.25, 0.3) is 0 Å². The third-order valence-electron chi connectivity index (χ3n) is 4.68. The van der Waals surface area contributed by atoms with Gasteiger partial charge in [-0.3, -0.25) is 9.69 Å². The van der Waals surface area contributed by atoms with Crippen LogP contribution in [0.3, 0.4) is 0 Å². The fourth-order valence-corrected chi connectivity index (χ4v) is 3.70. The molecule has 4 heteroatoms. The number of hydrogen-bond acceptors (Lipinski definition) is 4. The minimum absolute atomic E-state index is 0.131. The first-order chi connectivity index (χ1) is 9.20. The molecule has 2 rings (SSSR count). The minimum atomic E-state index is -0.176. The zero-order valence-corrected chi connectivity index (χ0v) is 12.0. The molecule has 19 heavy (non-hydrogen) atoms. The van der Waals surface area contributed by atoms with Crippen molar-refractivity contribution >= 4 is 5.97 Å². The fraction of sp³-hybridized carbons (Fsp3) is 0.933. The number of aliphatic hydroxyl groups is 1. The van der Waals surface area contributed by atoms with Crippen LogP contribution in [0.2, 0.25) is 0 Å². The van der Waals surface area contributed by atoms with Crippen molar-refractivity contribution in [1.29, 1.82) is 0 Å². The van der Waals surface area contributed by atoms with E-state index in [-0.39, 0.29) is 12.1 Å². The second-order valence-corrected chi connectivity index (χ2v) is 6.03. The molecule has 2 fully saturated rings. The highest BCUT2D eigenvalue weighted by Crippen LogP contribution is 2.34. The molecule has 0 bridgehead atoms. The van der Waals surface area contributed by atoms with Crippen molar-refractivity contribution in [3.8, 4) is 0 Å². The van der Waals surface area contributed by atoms with E-state index in [0.717, 1.165) is 31.8 Å². The molecule has 4 nitrogen and oxygen atoms in total. The highest BCUT2D eigenvalue weighted by Gasteiger charge is 2.36. The SMILES string of the molecule is COC(=O)CCCN1C[C@H](O)C[C@H]1C1CCCCC1. The zero-order valence-electron chi connectivity index (χ0n) is 12.0. The van der Waals surface area contributed by atoms with E-state index in [1.807, 2.05) is 0 Å². The first kappa shape index (κ1) is 14.8. The topological polar surface area (TPSA) is 49.8 Å². The van der Waals surface area contributed by atoms with Crippen molar-refractivity contribution < 1.29 is 14.6 Å². The molecule has 0 unspecified atom stereocenters. The van der Waals surface area contributed by atoms with Gasteiger partial charge in [-0.1, -0.05) is 19.3 Å². The maximum atomic E-state index is 11.1. The largest absolute Gasteiger partial charge is 0.469 e. The normalized spacial score (nSPS) is 29.6. The first-order valence-electron chi connectivity index (χ1n) is 7.69. The van der Waals surface area contributed by atoms with Gasteiger partial charge in [0.05, 0.1) is 13.2 Å². The summed E-state index contributed by atoms with van der Waals surface area (Å²) in [7, 11) is 1.44. The van der Waals surface area contributed by atoms with Crippen LogP contribution in [0.4, 0.5) is 0 Å². The van der Waals surface area contributed by atoms with Crippen LogP contribution < -0.4 is 0 Å². The predicted molar refractivity (Wildman–Crippen MR) is 73.8 cm³/mol. The Morgan fingerprint density at radius 1 is 1.32 bits per heavy atom. The van der Waals surface area contributed by atoms with E-state index in [1.165, 1.54) is 39.2 Å². The molecule has 1 aliphatic heterocycles. The quantitative estimate of drug-likeness (QED) is 0.775. The first-order valence-corrected chi connectivity index (χ1v) is 7.69. The Labute approximate surface area is 116 Å². The number of esters is 1. The summed E-state index contributed by atoms with van der Waals surface area (Å²) in [6.07, 6.45) is 8.74. The van der Waals surface area contributed by atoms with Gasteiger partial charge in [0, 0.05) is 19.0 Å². The van der Waals surface area contributed by atoms with Crippen LogP contribution in [-0.4, -0.2) is 48.3 Å². The van der Waals surface area contributed by atoms with Gasteiger partial charge >= 0.3 is 5.97 Å². The Morgan fingerprint density at radius 2 is 2.05 bits per heavy atom. The van der Waals surface area contributed by atoms with E-state index in [9.17, 15) is 9.90 Å². The van der Waals surface area contributed by atoms with Crippen LogP contribution in [-0.2, 0) is 9.53 Å². The molecule has 0 aromatic carbocycles. The second-order valence-electron chi connectivity index (χ2n) is 6.03. The van der Waals surface area contributed by atoms with Crippen LogP contribution in [0.5, 0.6) is 0 Å².